The quantitative estimate of drug-likeness (QED) is 0.0669. The normalized spacial score (nSPS) is 16.7. The van der Waals surface area contributed by atoms with E-state index >= 15 is 0 Å². The largest absolute Gasteiger partial charge is 0.465 e. The second kappa shape index (κ2) is 23.5. The third kappa shape index (κ3) is 13.9. The molecule has 0 aromatic heterocycles. The van der Waals surface area contributed by atoms with Crippen molar-refractivity contribution >= 4 is 24.2 Å². The molecular formula is C50H66N8O6. The fourth-order valence-corrected chi connectivity index (χ4v) is 8.63. The fraction of sp³-hybridized carbons (Fsp3) is 0.440. The molecular weight excluding hydrogens is 809 g/mol. The highest BCUT2D eigenvalue weighted by Gasteiger charge is 2.36. The molecule has 64 heavy (non-hydrogen) atoms. The van der Waals surface area contributed by atoms with E-state index in [1.165, 1.54) is 4.90 Å². The van der Waals surface area contributed by atoms with Crippen LogP contribution in [0.1, 0.15) is 92.9 Å². The first kappa shape index (κ1) is 47.4. The summed E-state index contributed by atoms with van der Waals surface area (Å²) >= 11 is 0. The van der Waals surface area contributed by atoms with Crippen molar-refractivity contribution in [1.29, 1.82) is 0 Å². The summed E-state index contributed by atoms with van der Waals surface area (Å²) in [5.41, 5.74) is 3.51. The van der Waals surface area contributed by atoms with Crippen LogP contribution in [0.2, 0.25) is 0 Å². The summed E-state index contributed by atoms with van der Waals surface area (Å²) in [4.78, 5) is 59.5. The van der Waals surface area contributed by atoms with Gasteiger partial charge in [0.2, 0.25) is 0 Å². The lowest BCUT2D eigenvalue weighted by Crippen LogP contribution is -2.53. The van der Waals surface area contributed by atoms with E-state index in [0.717, 1.165) is 47.9 Å². The molecule has 2 aliphatic heterocycles. The number of carboxylic acid groups (broad SMARTS) is 1. The molecule has 2 fully saturated rings. The lowest BCUT2D eigenvalue weighted by Gasteiger charge is -2.43. The van der Waals surface area contributed by atoms with Gasteiger partial charge in [-0.05, 0) is 55.9 Å². The van der Waals surface area contributed by atoms with Gasteiger partial charge >= 0.3 is 24.2 Å². The molecule has 5 N–H and O–H groups in total. The number of ether oxygens (including phenoxy) is 1. The number of carbonyl (C=O) groups excluding carboxylic acids is 3. The van der Waals surface area contributed by atoms with Gasteiger partial charge < -0.3 is 40.9 Å². The predicted octanol–water partition coefficient (Wildman–Crippen LogP) is 7.96. The Morgan fingerprint density at radius 2 is 0.859 bits per heavy atom. The van der Waals surface area contributed by atoms with Crippen molar-refractivity contribution in [2.75, 3.05) is 65.4 Å². The van der Waals surface area contributed by atoms with Crippen molar-refractivity contribution in [1.82, 2.24) is 40.9 Å². The minimum atomic E-state index is -0.916. The Hall–Kier alpha value is -6.12. The van der Waals surface area contributed by atoms with Gasteiger partial charge in [0.05, 0.1) is 24.2 Å². The lowest BCUT2D eigenvalue weighted by molar-refractivity contribution is 0.00812. The number of unbranched alkanes of at least 4 members (excludes halogenated alkanes) is 3. The van der Waals surface area contributed by atoms with Crippen LogP contribution in [0.4, 0.5) is 19.2 Å². The monoisotopic (exact) mass is 875 g/mol. The number of nitrogens with zero attached hydrogens (tertiary/aromatic N) is 4. The second-order valence-electron chi connectivity index (χ2n) is 17.5. The third-order valence-corrected chi connectivity index (χ3v) is 11.8. The van der Waals surface area contributed by atoms with E-state index in [1.54, 1.807) is 4.90 Å². The number of nitrogens with one attached hydrogen (secondary N) is 4. The van der Waals surface area contributed by atoms with Gasteiger partial charge in [-0.3, -0.25) is 9.80 Å². The Balaban J connectivity index is 0.989. The molecule has 14 nitrogen and oxygen atoms in total. The lowest BCUT2D eigenvalue weighted by atomic mass is 9.91. The van der Waals surface area contributed by atoms with E-state index in [4.69, 9.17) is 4.74 Å². The SMILES string of the molecule is CC(C)(C)OC(=O)N1CCN(C(c2ccccc2)C(NC(=O)NCCCCCCNC(=O)N[C@H](c2ccccc2)[C@H](c2ccccc2)N2CCN(C(=O)O)CC2)c2ccccc2)CC1. The minimum absolute atomic E-state index is 0.179. The van der Waals surface area contributed by atoms with Gasteiger partial charge in [-0.15, -0.1) is 0 Å². The smallest absolute Gasteiger partial charge is 0.410 e. The number of piperazine rings is 2. The molecule has 342 valence electrons. The molecule has 14 heteroatoms. The van der Waals surface area contributed by atoms with Crippen LogP contribution in [0.15, 0.2) is 121 Å². The highest BCUT2D eigenvalue weighted by atomic mass is 16.6. The number of urea groups is 2. The second-order valence-corrected chi connectivity index (χ2v) is 17.5. The maximum atomic E-state index is 13.6. The maximum Gasteiger partial charge on any atom is 0.410 e. The van der Waals surface area contributed by atoms with Crippen LogP contribution >= 0.6 is 0 Å². The van der Waals surface area contributed by atoms with Gasteiger partial charge in [0.15, 0.2) is 0 Å². The Kier molecular flexibility index (Phi) is 17.4. The van der Waals surface area contributed by atoms with Crippen molar-refractivity contribution in [3.63, 3.8) is 0 Å². The topological polar surface area (TPSA) is 159 Å². The third-order valence-electron chi connectivity index (χ3n) is 11.8. The van der Waals surface area contributed by atoms with Gasteiger partial charge in [-0.2, -0.15) is 0 Å². The molecule has 2 unspecified atom stereocenters. The van der Waals surface area contributed by atoms with Crippen molar-refractivity contribution < 1.29 is 29.0 Å². The van der Waals surface area contributed by atoms with E-state index in [0.29, 0.717) is 65.4 Å². The summed E-state index contributed by atoms with van der Waals surface area (Å²) in [6.45, 7) is 10.8. The summed E-state index contributed by atoms with van der Waals surface area (Å²) in [7, 11) is 0. The Morgan fingerprint density at radius 3 is 1.20 bits per heavy atom. The first-order chi connectivity index (χ1) is 31.0. The number of benzene rings is 4. The summed E-state index contributed by atoms with van der Waals surface area (Å²) in [6, 6.07) is 38.6. The number of carbonyl (C=O) groups is 4. The van der Waals surface area contributed by atoms with Crippen LogP contribution in [0.5, 0.6) is 0 Å². The Bertz CT molecular complexity index is 2040. The Morgan fingerprint density at radius 1 is 0.516 bits per heavy atom. The summed E-state index contributed by atoms with van der Waals surface area (Å²) in [5.74, 6) is 0. The highest BCUT2D eigenvalue weighted by molar-refractivity contribution is 5.75. The number of amides is 6. The zero-order chi connectivity index (χ0) is 45.3. The average molecular weight is 875 g/mol. The molecule has 0 bridgehead atoms. The molecule has 0 aliphatic carbocycles. The zero-order valence-corrected chi connectivity index (χ0v) is 37.5. The summed E-state index contributed by atoms with van der Waals surface area (Å²) < 4.78 is 5.65. The van der Waals surface area contributed by atoms with E-state index in [-0.39, 0.29) is 42.3 Å². The van der Waals surface area contributed by atoms with Crippen LogP contribution in [0.25, 0.3) is 0 Å². The van der Waals surface area contributed by atoms with Crippen LogP contribution in [0, 0.1) is 0 Å². The van der Waals surface area contributed by atoms with E-state index in [1.807, 2.05) is 118 Å². The molecule has 0 spiro atoms. The molecule has 6 amide bonds. The van der Waals surface area contributed by atoms with Crippen molar-refractivity contribution in [2.24, 2.45) is 0 Å². The van der Waals surface area contributed by atoms with Crippen molar-refractivity contribution in [2.45, 2.75) is 76.2 Å². The van der Waals surface area contributed by atoms with Crippen LogP contribution in [-0.4, -0.2) is 120 Å². The predicted molar refractivity (Wildman–Crippen MR) is 249 cm³/mol. The first-order valence-electron chi connectivity index (χ1n) is 22.7. The van der Waals surface area contributed by atoms with Crippen LogP contribution in [-0.2, 0) is 4.74 Å². The minimum Gasteiger partial charge on any atom is -0.465 e. The van der Waals surface area contributed by atoms with E-state index in [9.17, 15) is 24.3 Å². The average Bonchev–Trinajstić information content (AvgIpc) is 3.30. The van der Waals surface area contributed by atoms with Crippen LogP contribution in [0.3, 0.4) is 0 Å². The maximum absolute atomic E-state index is 13.6. The molecule has 2 aliphatic rings. The van der Waals surface area contributed by atoms with Crippen molar-refractivity contribution in [3.05, 3.63) is 144 Å². The molecule has 0 saturated carbocycles. The fourth-order valence-electron chi connectivity index (χ4n) is 8.63. The molecule has 4 atom stereocenters. The zero-order valence-electron chi connectivity index (χ0n) is 37.5. The summed E-state index contributed by atoms with van der Waals surface area (Å²) in [5, 5.41) is 22.3. The molecule has 6 rings (SSSR count). The van der Waals surface area contributed by atoms with Gasteiger partial charge in [0.1, 0.15) is 5.60 Å². The van der Waals surface area contributed by atoms with Crippen LogP contribution < -0.4 is 21.3 Å². The number of rotatable bonds is 17. The molecule has 4 aromatic carbocycles. The van der Waals surface area contributed by atoms with Crippen molar-refractivity contribution in [3.8, 4) is 0 Å². The summed E-state index contributed by atoms with van der Waals surface area (Å²) in [6.07, 6.45) is 2.10. The van der Waals surface area contributed by atoms with E-state index < -0.39 is 11.7 Å². The first-order valence-corrected chi connectivity index (χ1v) is 22.7. The van der Waals surface area contributed by atoms with E-state index in [2.05, 4.69) is 55.3 Å². The molecule has 2 heterocycles. The van der Waals surface area contributed by atoms with Gasteiger partial charge in [0.25, 0.3) is 0 Å². The van der Waals surface area contributed by atoms with Gasteiger partial charge in [-0.25, -0.2) is 19.2 Å². The van der Waals surface area contributed by atoms with Gasteiger partial charge in [-0.1, -0.05) is 134 Å². The number of hydrogen-bond donors (Lipinski definition) is 5. The molecule has 4 aromatic rings. The molecule has 0 radical (unpaired) electrons. The standard InChI is InChI=1S/C50H66N8O6/c1-50(2,3)64-49(63)58-36-32-56(33-37-58)45(41-26-16-9-17-27-41)43(39-22-12-7-13-23-39)54-47(60)52-29-19-5-4-18-28-51-46(59)53-42(38-20-10-6-11-21-38)44(40-24-14-8-15-25-40)55-30-34-57(35-31-55)48(61)62/h6-17,20-27,42-45H,4-5,18-19,28-37H2,1-3H3,(H,61,62)(H2,51,53,59)(H2,52,54,60)/t42-,43?,44+,45?/m1/s1. The molecule has 2 saturated heterocycles. The number of hydrogen-bond acceptors (Lipinski definition) is 7. The highest BCUT2D eigenvalue weighted by Crippen LogP contribution is 2.37. The Labute approximate surface area is 378 Å². The van der Waals surface area contributed by atoms with Gasteiger partial charge in [0, 0.05) is 65.4 Å².